The Morgan fingerprint density at radius 1 is 1.15 bits per heavy atom. The molecule has 0 spiro atoms. The van der Waals surface area contributed by atoms with E-state index in [0.29, 0.717) is 17.1 Å². The molecule has 3 rings (SSSR count). The fraction of sp³-hybridized carbons (Fsp3) is 0.200. The van der Waals surface area contributed by atoms with Crippen LogP contribution in [-0.2, 0) is 17.8 Å². The predicted octanol–water partition coefficient (Wildman–Crippen LogP) is 2.60. The number of amides is 1. The molecule has 6 nitrogen and oxygen atoms in total. The zero-order valence-corrected chi connectivity index (χ0v) is 15.2. The molecule has 1 aromatic carbocycles. The molecule has 2 aromatic heterocycles. The van der Waals surface area contributed by atoms with Crippen molar-refractivity contribution in [1.29, 1.82) is 0 Å². The summed E-state index contributed by atoms with van der Waals surface area (Å²) in [5.74, 6) is 0.603. The van der Waals surface area contributed by atoms with Crippen LogP contribution >= 0.6 is 0 Å². The molecule has 1 amide bonds. The van der Waals surface area contributed by atoms with Gasteiger partial charge in [0.2, 0.25) is 5.91 Å². The van der Waals surface area contributed by atoms with E-state index in [4.69, 9.17) is 0 Å². The topological polar surface area (TPSA) is 71.0 Å². The molecule has 0 saturated heterocycles. The van der Waals surface area contributed by atoms with Gasteiger partial charge >= 0.3 is 0 Å². The molecule has 0 aliphatic heterocycles. The molecule has 7 heteroatoms. The summed E-state index contributed by atoms with van der Waals surface area (Å²) < 4.78 is 13.7. The Kier molecular flexibility index (Phi) is 5.71. The van der Waals surface area contributed by atoms with Crippen molar-refractivity contribution in [3.63, 3.8) is 0 Å². The van der Waals surface area contributed by atoms with Crippen LogP contribution in [0.5, 0.6) is 0 Å². The number of aromatic nitrogens is 3. The van der Waals surface area contributed by atoms with Gasteiger partial charge in [0.1, 0.15) is 11.6 Å². The van der Waals surface area contributed by atoms with Gasteiger partial charge in [-0.3, -0.25) is 9.78 Å². The number of nitrogens with zero attached hydrogens (tertiary/aromatic N) is 4. The minimum Gasteiger partial charge on any atom is -0.363 e. The smallest absolute Gasteiger partial charge is 0.224 e. The van der Waals surface area contributed by atoms with E-state index in [9.17, 15) is 9.18 Å². The Morgan fingerprint density at radius 2 is 1.96 bits per heavy atom. The number of carbonyl (C=O) groups excluding carboxylic acids is 1. The van der Waals surface area contributed by atoms with Crippen molar-refractivity contribution in [2.24, 2.45) is 0 Å². The number of nitrogens with one attached hydrogen (secondary N) is 1. The SMILES string of the molecule is CN(C)c1cc(CNC(=O)Cc2ccccc2F)nc(-c2cccnc2)n1. The average molecular weight is 365 g/mol. The highest BCUT2D eigenvalue weighted by atomic mass is 19.1. The van der Waals surface area contributed by atoms with Crippen LogP contribution in [0.3, 0.4) is 0 Å². The van der Waals surface area contributed by atoms with Crippen molar-refractivity contribution < 1.29 is 9.18 Å². The molecular formula is C20H20FN5O. The Labute approximate surface area is 157 Å². The summed E-state index contributed by atoms with van der Waals surface area (Å²) in [6.07, 6.45) is 3.35. The van der Waals surface area contributed by atoms with E-state index >= 15 is 0 Å². The number of benzene rings is 1. The van der Waals surface area contributed by atoms with E-state index in [1.54, 1.807) is 30.6 Å². The highest BCUT2D eigenvalue weighted by molar-refractivity contribution is 5.78. The number of halogens is 1. The quantitative estimate of drug-likeness (QED) is 0.727. The van der Waals surface area contributed by atoms with E-state index in [1.165, 1.54) is 6.07 Å². The first-order valence-corrected chi connectivity index (χ1v) is 8.48. The first kappa shape index (κ1) is 18.4. The van der Waals surface area contributed by atoms with E-state index in [1.807, 2.05) is 37.2 Å². The molecule has 3 aromatic rings. The molecule has 0 saturated carbocycles. The van der Waals surface area contributed by atoms with Gasteiger partial charge in [-0.1, -0.05) is 18.2 Å². The summed E-state index contributed by atoms with van der Waals surface area (Å²) in [5.41, 5.74) is 1.82. The lowest BCUT2D eigenvalue weighted by molar-refractivity contribution is -0.120. The zero-order valence-electron chi connectivity index (χ0n) is 15.2. The molecule has 0 aliphatic rings. The standard InChI is InChI=1S/C20H20FN5O/c1-26(2)18-11-16(24-20(25-18)15-7-5-9-22-12-15)13-23-19(27)10-14-6-3-4-8-17(14)21/h3-9,11-12H,10,13H2,1-2H3,(H,23,27). The lowest BCUT2D eigenvalue weighted by atomic mass is 10.1. The third-order valence-corrected chi connectivity index (χ3v) is 3.92. The molecule has 0 radical (unpaired) electrons. The fourth-order valence-electron chi connectivity index (χ4n) is 2.49. The minimum atomic E-state index is -0.386. The number of rotatable bonds is 6. The Balaban J connectivity index is 1.75. The van der Waals surface area contributed by atoms with Crippen molar-refractivity contribution >= 4 is 11.7 Å². The second-order valence-electron chi connectivity index (χ2n) is 6.22. The number of pyridine rings is 1. The molecule has 0 fully saturated rings. The monoisotopic (exact) mass is 365 g/mol. The second kappa shape index (κ2) is 8.35. The van der Waals surface area contributed by atoms with Crippen molar-refractivity contribution in [1.82, 2.24) is 20.3 Å². The summed E-state index contributed by atoms with van der Waals surface area (Å²) in [6, 6.07) is 11.8. The maximum Gasteiger partial charge on any atom is 0.224 e. The zero-order chi connectivity index (χ0) is 19.2. The number of hydrogen-bond donors (Lipinski definition) is 1. The molecule has 138 valence electrons. The second-order valence-corrected chi connectivity index (χ2v) is 6.22. The van der Waals surface area contributed by atoms with Crippen LogP contribution in [0.15, 0.2) is 54.9 Å². The van der Waals surface area contributed by atoms with E-state index < -0.39 is 0 Å². The molecule has 0 bridgehead atoms. The van der Waals surface area contributed by atoms with Crippen LogP contribution in [-0.4, -0.2) is 35.0 Å². The summed E-state index contributed by atoms with van der Waals surface area (Å²) in [5, 5.41) is 2.79. The highest BCUT2D eigenvalue weighted by Gasteiger charge is 2.11. The first-order chi connectivity index (χ1) is 13.0. The van der Waals surface area contributed by atoms with Crippen LogP contribution in [0, 0.1) is 5.82 Å². The van der Waals surface area contributed by atoms with Gasteiger partial charge in [-0.2, -0.15) is 0 Å². The van der Waals surface area contributed by atoms with Crippen molar-refractivity contribution in [2.75, 3.05) is 19.0 Å². The number of hydrogen-bond acceptors (Lipinski definition) is 5. The highest BCUT2D eigenvalue weighted by Crippen LogP contribution is 2.18. The molecule has 0 aliphatic carbocycles. The Hall–Kier alpha value is -3.35. The van der Waals surface area contributed by atoms with Gasteiger partial charge in [0, 0.05) is 38.1 Å². The van der Waals surface area contributed by atoms with Crippen LogP contribution in [0.4, 0.5) is 10.2 Å². The molecular weight excluding hydrogens is 345 g/mol. The van der Waals surface area contributed by atoms with E-state index in [-0.39, 0.29) is 24.7 Å². The summed E-state index contributed by atoms with van der Waals surface area (Å²) in [4.78, 5) is 27.2. The third kappa shape index (κ3) is 4.84. The van der Waals surface area contributed by atoms with Crippen LogP contribution in [0.2, 0.25) is 0 Å². The third-order valence-electron chi connectivity index (χ3n) is 3.92. The molecule has 27 heavy (non-hydrogen) atoms. The van der Waals surface area contributed by atoms with Gasteiger partial charge in [-0.15, -0.1) is 0 Å². The Bertz CT molecular complexity index is 931. The van der Waals surface area contributed by atoms with Crippen LogP contribution < -0.4 is 10.2 Å². The van der Waals surface area contributed by atoms with Crippen molar-refractivity contribution in [3.05, 3.63) is 71.9 Å². The van der Waals surface area contributed by atoms with E-state index in [0.717, 1.165) is 11.4 Å². The summed E-state index contributed by atoms with van der Waals surface area (Å²) in [6.45, 7) is 0.226. The van der Waals surface area contributed by atoms with Gasteiger partial charge in [0.05, 0.1) is 18.7 Å². The normalized spacial score (nSPS) is 10.5. The first-order valence-electron chi connectivity index (χ1n) is 8.48. The largest absolute Gasteiger partial charge is 0.363 e. The predicted molar refractivity (Wildman–Crippen MR) is 102 cm³/mol. The molecule has 0 unspecified atom stereocenters. The summed E-state index contributed by atoms with van der Waals surface area (Å²) >= 11 is 0. The van der Waals surface area contributed by atoms with Crippen molar-refractivity contribution in [2.45, 2.75) is 13.0 Å². The number of anilines is 1. The minimum absolute atomic E-state index is 0.0201. The maximum absolute atomic E-state index is 13.7. The lowest BCUT2D eigenvalue weighted by Crippen LogP contribution is -2.26. The maximum atomic E-state index is 13.7. The summed E-state index contributed by atoms with van der Waals surface area (Å²) in [7, 11) is 3.77. The molecule has 0 atom stereocenters. The van der Waals surface area contributed by atoms with Gasteiger partial charge in [0.25, 0.3) is 0 Å². The molecule has 2 heterocycles. The van der Waals surface area contributed by atoms with Gasteiger partial charge in [-0.25, -0.2) is 14.4 Å². The van der Waals surface area contributed by atoms with Crippen LogP contribution in [0.1, 0.15) is 11.3 Å². The van der Waals surface area contributed by atoms with Gasteiger partial charge in [0.15, 0.2) is 5.82 Å². The number of carbonyl (C=O) groups is 1. The molecule has 1 N–H and O–H groups in total. The fourth-order valence-corrected chi connectivity index (χ4v) is 2.49. The van der Waals surface area contributed by atoms with Crippen LogP contribution in [0.25, 0.3) is 11.4 Å². The van der Waals surface area contributed by atoms with Gasteiger partial charge in [-0.05, 0) is 23.8 Å². The van der Waals surface area contributed by atoms with E-state index in [2.05, 4.69) is 20.3 Å². The average Bonchev–Trinajstić information content (AvgIpc) is 2.68. The Morgan fingerprint density at radius 3 is 2.67 bits per heavy atom. The lowest BCUT2D eigenvalue weighted by Gasteiger charge is -2.14. The van der Waals surface area contributed by atoms with Crippen molar-refractivity contribution in [3.8, 4) is 11.4 Å². The van der Waals surface area contributed by atoms with Gasteiger partial charge < -0.3 is 10.2 Å².